The third-order valence-electron chi connectivity index (χ3n) is 0.946. The van der Waals surface area contributed by atoms with Crippen LogP contribution in [0, 0.1) is 0 Å². The Morgan fingerprint density at radius 3 is 2.18 bits per heavy atom. The Morgan fingerprint density at radius 2 is 2.00 bits per heavy atom. The minimum atomic E-state index is -3.77. The summed E-state index contributed by atoms with van der Waals surface area (Å²) < 4.78 is 21.6. The van der Waals surface area contributed by atoms with Crippen LogP contribution in [0.15, 0.2) is 10.3 Å². The maximum atomic E-state index is 10.8. The zero-order valence-corrected chi connectivity index (χ0v) is 8.19. The Kier molecular flexibility index (Phi) is 2.46. The zero-order valence-electron chi connectivity index (χ0n) is 5.04. The summed E-state index contributed by atoms with van der Waals surface area (Å²) in [4.78, 5) is -0.189. The van der Waals surface area contributed by atoms with Gasteiger partial charge in [-0.1, -0.05) is 23.2 Å². The number of primary sulfonamides is 1. The van der Waals surface area contributed by atoms with Crippen molar-refractivity contribution in [3.8, 4) is 0 Å². The fraction of sp³-hybridized carbons (Fsp3) is 0. The van der Waals surface area contributed by atoms with E-state index in [-0.39, 0.29) is 14.3 Å². The number of sulfonamides is 1. The van der Waals surface area contributed by atoms with E-state index in [1.807, 2.05) is 0 Å². The summed E-state index contributed by atoms with van der Waals surface area (Å²) in [7, 11) is -3.77. The second-order valence-corrected chi connectivity index (χ2v) is 5.12. The topological polar surface area (TPSA) is 60.2 Å². The number of hydrogen-bond donors (Lipinski definition) is 1. The van der Waals surface area contributed by atoms with Crippen molar-refractivity contribution in [1.82, 2.24) is 0 Å². The predicted octanol–water partition coefficient (Wildman–Crippen LogP) is 1.70. The van der Waals surface area contributed by atoms with Crippen molar-refractivity contribution in [1.29, 1.82) is 0 Å². The molecule has 0 spiro atoms. The first-order valence-corrected chi connectivity index (χ1v) is 5.56. The van der Waals surface area contributed by atoms with Gasteiger partial charge in [0.05, 0.1) is 5.02 Å². The van der Waals surface area contributed by atoms with Crippen molar-refractivity contribution in [2.45, 2.75) is 4.90 Å². The van der Waals surface area contributed by atoms with Gasteiger partial charge in [0.1, 0.15) is 9.23 Å². The fourth-order valence-corrected chi connectivity index (χ4v) is 3.43. The van der Waals surface area contributed by atoms with Gasteiger partial charge < -0.3 is 0 Å². The molecule has 0 aliphatic rings. The first-order chi connectivity index (χ1) is 4.93. The summed E-state index contributed by atoms with van der Waals surface area (Å²) in [6, 6.07) is 0. The minimum absolute atomic E-state index is 0.0718. The maximum absolute atomic E-state index is 10.8. The van der Waals surface area contributed by atoms with Crippen molar-refractivity contribution in [3.05, 3.63) is 14.7 Å². The molecule has 0 bridgehead atoms. The van der Waals surface area contributed by atoms with Gasteiger partial charge in [0, 0.05) is 5.38 Å². The molecule has 0 fully saturated rings. The van der Waals surface area contributed by atoms with Gasteiger partial charge in [-0.05, 0) is 0 Å². The van der Waals surface area contributed by atoms with Crippen LogP contribution < -0.4 is 5.14 Å². The zero-order chi connectivity index (χ0) is 8.65. The molecule has 1 aromatic rings. The smallest absolute Gasteiger partial charge is 0.225 e. The average molecular weight is 232 g/mol. The highest BCUT2D eigenvalue weighted by atomic mass is 35.5. The second kappa shape index (κ2) is 2.91. The van der Waals surface area contributed by atoms with E-state index >= 15 is 0 Å². The molecule has 1 rings (SSSR count). The fourth-order valence-electron chi connectivity index (χ4n) is 0.552. The molecule has 62 valence electrons. The van der Waals surface area contributed by atoms with E-state index in [1.165, 1.54) is 5.38 Å². The number of thiophene rings is 1. The Bertz CT molecular complexity index is 350. The number of hydrogen-bond acceptors (Lipinski definition) is 3. The molecule has 0 saturated carbocycles. The summed E-state index contributed by atoms with van der Waals surface area (Å²) in [5.41, 5.74) is 0. The molecule has 0 atom stereocenters. The lowest BCUT2D eigenvalue weighted by Crippen LogP contribution is -2.11. The van der Waals surface area contributed by atoms with Crippen LogP contribution >= 0.6 is 34.5 Å². The van der Waals surface area contributed by atoms with E-state index in [0.717, 1.165) is 11.3 Å². The monoisotopic (exact) mass is 231 g/mol. The SMILES string of the molecule is NS(=O)(=O)c1c(Cl)csc1Cl. The Labute approximate surface area is 77.8 Å². The molecular formula is C4H3Cl2NO2S2. The molecule has 1 aromatic heterocycles. The van der Waals surface area contributed by atoms with Crippen LogP contribution in [-0.4, -0.2) is 8.42 Å². The summed E-state index contributed by atoms with van der Waals surface area (Å²) in [6.07, 6.45) is 0. The van der Waals surface area contributed by atoms with E-state index in [2.05, 4.69) is 0 Å². The van der Waals surface area contributed by atoms with Gasteiger partial charge in [-0.2, -0.15) is 0 Å². The lowest BCUT2D eigenvalue weighted by Gasteiger charge is -1.93. The summed E-state index contributed by atoms with van der Waals surface area (Å²) in [6.45, 7) is 0. The van der Waals surface area contributed by atoms with Crippen LogP contribution in [0.1, 0.15) is 0 Å². The van der Waals surface area contributed by atoms with Gasteiger partial charge >= 0.3 is 0 Å². The van der Waals surface area contributed by atoms with E-state index in [0.29, 0.717) is 0 Å². The van der Waals surface area contributed by atoms with Gasteiger partial charge in [0.2, 0.25) is 10.0 Å². The van der Waals surface area contributed by atoms with E-state index < -0.39 is 10.0 Å². The van der Waals surface area contributed by atoms with Crippen LogP contribution in [0.25, 0.3) is 0 Å². The van der Waals surface area contributed by atoms with Gasteiger partial charge in [-0.15, -0.1) is 11.3 Å². The third kappa shape index (κ3) is 1.86. The largest absolute Gasteiger partial charge is 0.241 e. The molecule has 11 heavy (non-hydrogen) atoms. The molecule has 0 aromatic carbocycles. The molecule has 2 N–H and O–H groups in total. The van der Waals surface area contributed by atoms with Crippen LogP contribution in [0.2, 0.25) is 9.36 Å². The molecule has 0 radical (unpaired) electrons. The van der Waals surface area contributed by atoms with Crippen LogP contribution in [0.4, 0.5) is 0 Å². The van der Waals surface area contributed by atoms with Gasteiger partial charge in [-0.3, -0.25) is 0 Å². The van der Waals surface area contributed by atoms with Gasteiger partial charge in [0.15, 0.2) is 0 Å². The van der Waals surface area contributed by atoms with Crippen LogP contribution in [-0.2, 0) is 10.0 Å². The van der Waals surface area contributed by atoms with E-state index in [1.54, 1.807) is 0 Å². The molecule has 0 amide bonds. The second-order valence-electron chi connectivity index (χ2n) is 1.73. The lowest BCUT2D eigenvalue weighted by atomic mass is 10.7. The van der Waals surface area contributed by atoms with E-state index in [4.69, 9.17) is 28.3 Å². The third-order valence-corrected chi connectivity index (χ3v) is 3.94. The van der Waals surface area contributed by atoms with Crippen LogP contribution in [0.5, 0.6) is 0 Å². The average Bonchev–Trinajstić information content (AvgIpc) is 2.08. The summed E-state index contributed by atoms with van der Waals surface area (Å²) in [5, 5.41) is 6.30. The lowest BCUT2D eigenvalue weighted by molar-refractivity contribution is 0.598. The van der Waals surface area contributed by atoms with Crippen LogP contribution in [0.3, 0.4) is 0 Å². The van der Waals surface area contributed by atoms with Crippen molar-refractivity contribution in [2.75, 3.05) is 0 Å². The minimum Gasteiger partial charge on any atom is -0.225 e. The highest BCUT2D eigenvalue weighted by Gasteiger charge is 2.18. The predicted molar refractivity (Wildman–Crippen MR) is 45.7 cm³/mol. The van der Waals surface area contributed by atoms with Crippen molar-refractivity contribution < 1.29 is 8.42 Å². The Balaban J connectivity index is 3.45. The standard InChI is InChI=1S/C4H3Cl2NO2S2/c5-2-1-10-4(6)3(2)11(7,8)9/h1H,(H2,7,8,9). The molecule has 0 unspecified atom stereocenters. The van der Waals surface area contributed by atoms with Crippen molar-refractivity contribution >= 4 is 44.6 Å². The molecular weight excluding hydrogens is 229 g/mol. The van der Waals surface area contributed by atoms with Crippen molar-refractivity contribution in [2.24, 2.45) is 5.14 Å². The molecule has 3 nitrogen and oxygen atoms in total. The summed E-state index contributed by atoms with van der Waals surface area (Å²) in [5.74, 6) is 0. The highest BCUT2D eigenvalue weighted by Crippen LogP contribution is 2.33. The molecule has 0 aliphatic carbocycles. The number of rotatable bonds is 1. The van der Waals surface area contributed by atoms with Crippen molar-refractivity contribution in [3.63, 3.8) is 0 Å². The van der Waals surface area contributed by atoms with Gasteiger partial charge in [0.25, 0.3) is 0 Å². The summed E-state index contributed by atoms with van der Waals surface area (Å²) >= 11 is 12.0. The Morgan fingerprint density at radius 1 is 1.45 bits per heavy atom. The number of halogens is 2. The van der Waals surface area contributed by atoms with E-state index in [9.17, 15) is 8.42 Å². The quantitative estimate of drug-likeness (QED) is 0.801. The number of nitrogens with two attached hydrogens (primary N) is 1. The normalized spacial score (nSPS) is 11.9. The molecule has 7 heteroatoms. The highest BCUT2D eigenvalue weighted by molar-refractivity contribution is 7.89. The first kappa shape index (κ1) is 9.28. The molecule has 0 saturated heterocycles. The molecule has 0 aliphatic heterocycles. The first-order valence-electron chi connectivity index (χ1n) is 2.38. The maximum Gasteiger partial charge on any atom is 0.241 e. The Hall–Kier alpha value is 0.190. The molecule has 1 heterocycles. The van der Waals surface area contributed by atoms with Gasteiger partial charge in [-0.25, -0.2) is 13.6 Å².